The van der Waals surface area contributed by atoms with E-state index in [1.807, 2.05) is 13.8 Å². The van der Waals surface area contributed by atoms with Gasteiger partial charge in [0.05, 0.1) is 16.4 Å². The van der Waals surface area contributed by atoms with Crippen LogP contribution in [-0.4, -0.2) is 47.0 Å². The van der Waals surface area contributed by atoms with Crippen LogP contribution in [0.4, 0.5) is 0 Å². The zero-order chi connectivity index (χ0) is 21.2. The van der Waals surface area contributed by atoms with Gasteiger partial charge in [-0.3, -0.25) is 8.37 Å². The minimum atomic E-state index is -4.12. The summed E-state index contributed by atoms with van der Waals surface area (Å²) in [6.07, 6.45) is -3.59. The van der Waals surface area contributed by atoms with Crippen molar-refractivity contribution in [3.8, 4) is 0 Å². The normalized spacial score (nSPS) is 22.7. The fraction of sp³-hybridized carbons (Fsp3) is 0.368. The Labute approximate surface area is 170 Å². The molecule has 0 aliphatic carbocycles. The predicted octanol–water partition coefficient (Wildman–Crippen LogP) is 1.89. The van der Waals surface area contributed by atoms with Gasteiger partial charge < -0.3 is 9.84 Å². The van der Waals surface area contributed by atoms with Crippen molar-refractivity contribution in [3.63, 3.8) is 0 Å². The van der Waals surface area contributed by atoms with Crippen LogP contribution in [0.3, 0.4) is 0 Å². The highest BCUT2D eigenvalue weighted by atomic mass is 32.2. The summed E-state index contributed by atoms with van der Waals surface area (Å²) >= 11 is 0. The van der Waals surface area contributed by atoms with Crippen molar-refractivity contribution in [3.05, 3.63) is 59.7 Å². The van der Waals surface area contributed by atoms with Crippen LogP contribution in [-0.2, 0) is 33.3 Å². The van der Waals surface area contributed by atoms with Crippen LogP contribution in [0, 0.1) is 13.8 Å². The Morgan fingerprint density at radius 3 is 1.90 bits per heavy atom. The van der Waals surface area contributed by atoms with Gasteiger partial charge in [0.25, 0.3) is 20.2 Å². The molecule has 3 atom stereocenters. The van der Waals surface area contributed by atoms with Gasteiger partial charge in [-0.05, 0) is 38.1 Å². The number of aliphatic hydroxyl groups is 1. The highest BCUT2D eigenvalue weighted by Gasteiger charge is 2.39. The molecule has 1 fully saturated rings. The summed E-state index contributed by atoms with van der Waals surface area (Å²) in [5.74, 6) is 0. The van der Waals surface area contributed by atoms with E-state index in [2.05, 4.69) is 0 Å². The third kappa shape index (κ3) is 5.41. The van der Waals surface area contributed by atoms with Crippen LogP contribution in [0.1, 0.15) is 17.5 Å². The van der Waals surface area contributed by atoms with Gasteiger partial charge in [0.15, 0.2) is 6.29 Å². The minimum absolute atomic E-state index is 0.0357. The molecule has 0 bridgehead atoms. The highest BCUT2D eigenvalue weighted by molar-refractivity contribution is 7.87. The average molecular weight is 443 g/mol. The van der Waals surface area contributed by atoms with Crippen LogP contribution in [0.2, 0.25) is 0 Å². The molecule has 0 amide bonds. The van der Waals surface area contributed by atoms with E-state index in [0.717, 1.165) is 11.1 Å². The molecule has 10 heteroatoms. The number of aliphatic hydroxyl groups excluding tert-OH is 1. The number of aryl methyl sites for hydroxylation is 2. The Morgan fingerprint density at radius 2 is 1.38 bits per heavy atom. The van der Waals surface area contributed by atoms with Crippen molar-refractivity contribution in [1.82, 2.24) is 0 Å². The highest BCUT2D eigenvalue weighted by Crippen LogP contribution is 2.27. The molecule has 2 aromatic carbocycles. The summed E-state index contributed by atoms with van der Waals surface area (Å²) in [5.41, 5.74) is 1.78. The topological polar surface area (TPSA) is 116 Å². The molecular weight excluding hydrogens is 420 g/mol. The van der Waals surface area contributed by atoms with Crippen LogP contribution < -0.4 is 0 Å². The third-order valence-corrected chi connectivity index (χ3v) is 7.08. The lowest BCUT2D eigenvalue weighted by molar-refractivity contribution is -0.103. The Bertz CT molecular complexity index is 1040. The quantitative estimate of drug-likeness (QED) is 0.646. The van der Waals surface area contributed by atoms with Gasteiger partial charge in [0, 0.05) is 6.42 Å². The third-order valence-electron chi connectivity index (χ3n) is 4.44. The van der Waals surface area contributed by atoms with E-state index in [1.165, 1.54) is 24.3 Å². The van der Waals surface area contributed by atoms with E-state index in [-0.39, 0.29) is 16.2 Å². The molecule has 1 aliphatic rings. The summed E-state index contributed by atoms with van der Waals surface area (Å²) in [6, 6.07) is 12.2. The number of benzene rings is 2. The number of ether oxygens (including phenoxy) is 1. The van der Waals surface area contributed by atoms with Crippen molar-refractivity contribution in [2.75, 3.05) is 6.61 Å². The average Bonchev–Trinajstić information content (AvgIpc) is 2.99. The molecular formula is C19H22O8S2. The maximum atomic E-state index is 12.5. The van der Waals surface area contributed by atoms with Gasteiger partial charge >= 0.3 is 0 Å². The van der Waals surface area contributed by atoms with Crippen LogP contribution >= 0.6 is 0 Å². The van der Waals surface area contributed by atoms with E-state index in [0.29, 0.717) is 0 Å². The lowest BCUT2D eigenvalue weighted by atomic mass is 10.2. The Hall–Kier alpha value is -1.82. The van der Waals surface area contributed by atoms with Crippen LogP contribution in [0.5, 0.6) is 0 Å². The number of hydrogen-bond acceptors (Lipinski definition) is 8. The van der Waals surface area contributed by atoms with Crippen molar-refractivity contribution >= 4 is 20.2 Å². The summed E-state index contributed by atoms with van der Waals surface area (Å²) in [6.45, 7) is 3.14. The van der Waals surface area contributed by atoms with Gasteiger partial charge in [-0.15, -0.1) is 0 Å². The van der Waals surface area contributed by atoms with E-state index in [4.69, 9.17) is 13.1 Å². The van der Waals surface area contributed by atoms with E-state index >= 15 is 0 Å². The first kappa shape index (κ1) is 21.9. The number of hydrogen-bond donors (Lipinski definition) is 1. The monoisotopic (exact) mass is 442 g/mol. The summed E-state index contributed by atoms with van der Waals surface area (Å²) in [5, 5.41) is 9.75. The first-order valence-corrected chi connectivity index (χ1v) is 11.7. The molecule has 0 unspecified atom stereocenters. The first-order valence-electron chi connectivity index (χ1n) is 8.86. The molecule has 1 saturated heterocycles. The Kier molecular flexibility index (Phi) is 6.42. The fourth-order valence-electron chi connectivity index (χ4n) is 2.80. The second-order valence-corrected chi connectivity index (χ2v) is 10.0. The molecule has 1 heterocycles. The largest absolute Gasteiger partial charge is 0.368 e. The van der Waals surface area contributed by atoms with Crippen molar-refractivity contribution in [2.45, 2.75) is 48.6 Å². The molecule has 0 aromatic heterocycles. The maximum Gasteiger partial charge on any atom is 0.297 e. The zero-order valence-corrected chi connectivity index (χ0v) is 17.5. The summed E-state index contributed by atoms with van der Waals surface area (Å²) in [7, 11) is -8.20. The predicted molar refractivity (Wildman–Crippen MR) is 103 cm³/mol. The van der Waals surface area contributed by atoms with E-state index in [9.17, 15) is 21.9 Å². The van der Waals surface area contributed by atoms with Gasteiger partial charge in [-0.25, -0.2) is 0 Å². The Morgan fingerprint density at radius 1 is 0.897 bits per heavy atom. The summed E-state index contributed by atoms with van der Waals surface area (Å²) in [4.78, 5) is -0.0807. The lowest BCUT2D eigenvalue weighted by Crippen LogP contribution is -2.32. The van der Waals surface area contributed by atoms with Gasteiger partial charge in [-0.2, -0.15) is 16.8 Å². The molecule has 8 nitrogen and oxygen atoms in total. The molecule has 1 aliphatic heterocycles. The lowest BCUT2D eigenvalue weighted by Gasteiger charge is -2.18. The van der Waals surface area contributed by atoms with E-state index < -0.39 is 45.3 Å². The van der Waals surface area contributed by atoms with E-state index in [1.54, 1.807) is 24.3 Å². The Balaban J connectivity index is 1.70. The molecule has 1 N–H and O–H groups in total. The SMILES string of the molecule is Cc1ccc(S(=O)(=O)OC[C@H]2O[C@@H](O)C[C@@H]2OS(=O)(=O)c2ccc(C)cc2)cc1. The zero-order valence-electron chi connectivity index (χ0n) is 15.9. The molecule has 3 rings (SSSR count). The van der Waals surface area contributed by atoms with Crippen LogP contribution in [0.25, 0.3) is 0 Å². The first-order chi connectivity index (χ1) is 13.6. The van der Waals surface area contributed by atoms with Gasteiger partial charge in [0.2, 0.25) is 0 Å². The molecule has 158 valence electrons. The molecule has 0 spiro atoms. The second-order valence-electron chi connectivity index (χ2n) is 6.82. The molecule has 29 heavy (non-hydrogen) atoms. The smallest absolute Gasteiger partial charge is 0.297 e. The minimum Gasteiger partial charge on any atom is -0.368 e. The van der Waals surface area contributed by atoms with Crippen molar-refractivity contribution in [1.29, 1.82) is 0 Å². The second kappa shape index (κ2) is 8.50. The number of rotatable bonds is 7. The summed E-state index contributed by atoms with van der Waals surface area (Å²) < 4.78 is 65.1. The van der Waals surface area contributed by atoms with Gasteiger partial charge in [-0.1, -0.05) is 35.4 Å². The van der Waals surface area contributed by atoms with Gasteiger partial charge in [0.1, 0.15) is 12.2 Å². The molecule has 0 radical (unpaired) electrons. The molecule has 0 saturated carbocycles. The molecule has 2 aromatic rings. The maximum absolute atomic E-state index is 12.5. The van der Waals surface area contributed by atoms with Crippen molar-refractivity contribution in [2.24, 2.45) is 0 Å². The fourth-order valence-corrected chi connectivity index (χ4v) is 4.82. The van der Waals surface area contributed by atoms with Crippen LogP contribution in [0.15, 0.2) is 58.3 Å². The van der Waals surface area contributed by atoms with Crippen molar-refractivity contribution < 1.29 is 35.0 Å². The standard InChI is InChI=1S/C19H22O8S2/c1-13-3-7-15(8-4-13)28(21,22)25-12-18-17(11-19(20)26-18)27-29(23,24)16-9-5-14(2)6-10-16/h3-10,17-20H,11-12H2,1-2H3/t17-,18+,19+/m0/s1.